The van der Waals surface area contributed by atoms with Crippen LogP contribution in [-0.4, -0.2) is 36.9 Å². The van der Waals surface area contributed by atoms with Gasteiger partial charge in [0.2, 0.25) is 0 Å². The van der Waals surface area contributed by atoms with Crippen molar-refractivity contribution in [2.75, 3.05) is 14.2 Å². The molecule has 6 aromatic carbocycles. The Balaban J connectivity index is 1.30. The van der Waals surface area contributed by atoms with Crippen molar-refractivity contribution in [1.29, 1.82) is 0 Å². The van der Waals surface area contributed by atoms with E-state index in [4.69, 9.17) is 9.47 Å². The molecule has 0 aromatic heterocycles. The molecular weight excluding hydrogens is 524 g/mol. The highest BCUT2D eigenvalue weighted by molar-refractivity contribution is 6.04. The second-order valence-electron chi connectivity index (χ2n) is 9.73. The van der Waals surface area contributed by atoms with Gasteiger partial charge in [0, 0.05) is 23.6 Å². The summed E-state index contributed by atoms with van der Waals surface area (Å²) in [5.74, 6) is 1.52. The molecule has 0 bridgehead atoms. The molecule has 42 heavy (non-hydrogen) atoms. The van der Waals surface area contributed by atoms with E-state index in [2.05, 4.69) is 9.98 Å². The molecule has 0 unspecified atom stereocenters. The fourth-order valence-electron chi connectivity index (χ4n) is 5.04. The summed E-state index contributed by atoms with van der Waals surface area (Å²) in [5.41, 5.74) is 4.40. The van der Waals surface area contributed by atoms with Gasteiger partial charge in [-0.15, -0.1) is 0 Å². The molecule has 0 aliphatic rings. The first-order valence-corrected chi connectivity index (χ1v) is 13.4. The second-order valence-corrected chi connectivity index (χ2v) is 9.73. The van der Waals surface area contributed by atoms with Crippen molar-refractivity contribution in [2.45, 2.75) is 0 Å². The van der Waals surface area contributed by atoms with E-state index in [0.717, 1.165) is 32.7 Å². The van der Waals surface area contributed by atoms with Crippen molar-refractivity contribution in [2.24, 2.45) is 9.98 Å². The van der Waals surface area contributed by atoms with Gasteiger partial charge in [0.25, 0.3) is 0 Å². The van der Waals surface area contributed by atoms with E-state index in [-0.39, 0.29) is 11.5 Å². The summed E-state index contributed by atoms with van der Waals surface area (Å²) in [6.45, 7) is 0. The van der Waals surface area contributed by atoms with Crippen LogP contribution >= 0.6 is 0 Å². The highest BCUT2D eigenvalue weighted by Crippen LogP contribution is 2.37. The first-order chi connectivity index (χ1) is 20.6. The molecule has 0 radical (unpaired) electrons. The third-order valence-corrected chi connectivity index (χ3v) is 7.25. The quantitative estimate of drug-likeness (QED) is 0.194. The number of aliphatic imine (C=N–C) groups is 2. The van der Waals surface area contributed by atoms with Crippen LogP contribution < -0.4 is 9.47 Å². The lowest BCUT2D eigenvalue weighted by atomic mass is 10.0. The Morgan fingerprint density at radius 3 is 1.38 bits per heavy atom. The van der Waals surface area contributed by atoms with Crippen LogP contribution in [0.2, 0.25) is 0 Å². The number of benzene rings is 6. The molecule has 6 rings (SSSR count). The van der Waals surface area contributed by atoms with Gasteiger partial charge in [-0.2, -0.15) is 0 Å². The number of ether oxygens (including phenoxy) is 2. The number of nitrogens with zero attached hydrogens (tertiary/aromatic N) is 2. The highest BCUT2D eigenvalue weighted by Gasteiger charge is 2.11. The van der Waals surface area contributed by atoms with Crippen molar-refractivity contribution in [3.63, 3.8) is 0 Å². The Morgan fingerprint density at radius 2 is 0.952 bits per heavy atom. The van der Waals surface area contributed by atoms with E-state index >= 15 is 0 Å². The monoisotopic (exact) mass is 552 g/mol. The Bertz CT molecular complexity index is 1850. The van der Waals surface area contributed by atoms with Gasteiger partial charge in [-0.1, -0.05) is 72.8 Å². The van der Waals surface area contributed by atoms with Crippen molar-refractivity contribution in [3.8, 4) is 34.1 Å². The smallest absolute Gasteiger partial charge is 0.145 e. The van der Waals surface area contributed by atoms with E-state index < -0.39 is 0 Å². The van der Waals surface area contributed by atoms with E-state index in [1.54, 1.807) is 38.8 Å². The molecule has 206 valence electrons. The maximum absolute atomic E-state index is 10.5. The van der Waals surface area contributed by atoms with Crippen molar-refractivity contribution < 1.29 is 19.7 Å². The van der Waals surface area contributed by atoms with E-state index in [1.165, 1.54) is 0 Å². The molecule has 0 heterocycles. The van der Waals surface area contributed by atoms with Crippen LogP contribution in [0, 0.1) is 0 Å². The van der Waals surface area contributed by atoms with Crippen LogP contribution in [0.5, 0.6) is 23.0 Å². The fraction of sp³-hybridized carbons (Fsp3) is 0.0556. The van der Waals surface area contributed by atoms with Crippen LogP contribution in [-0.2, 0) is 0 Å². The Kier molecular flexibility index (Phi) is 7.26. The molecule has 0 saturated carbocycles. The Labute approximate surface area is 243 Å². The van der Waals surface area contributed by atoms with E-state index in [1.807, 2.05) is 97.1 Å². The highest BCUT2D eigenvalue weighted by atomic mass is 16.5. The summed E-state index contributed by atoms with van der Waals surface area (Å²) in [4.78, 5) is 9.30. The van der Waals surface area contributed by atoms with Gasteiger partial charge in [0.1, 0.15) is 34.4 Å². The maximum atomic E-state index is 10.5. The van der Waals surface area contributed by atoms with Gasteiger partial charge in [-0.3, -0.25) is 9.98 Å². The minimum absolute atomic E-state index is 0.165. The van der Waals surface area contributed by atoms with Gasteiger partial charge in [-0.25, -0.2) is 0 Å². The number of methoxy groups -OCH3 is 2. The number of fused-ring (bicyclic) bond motifs is 2. The molecule has 0 spiro atoms. The first-order valence-electron chi connectivity index (χ1n) is 13.4. The van der Waals surface area contributed by atoms with Crippen LogP contribution in [0.3, 0.4) is 0 Å². The topological polar surface area (TPSA) is 83.6 Å². The number of hydrogen-bond acceptors (Lipinski definition) is 6. The summed E-state index contributed by atoms with van der Waals surface area (Å²) < 4.78 is 11.3. The molecule has 0 atom stereocenters. The minimum Gasteiger partial charge on any atom is -0.507 e. The zero-order chi connectivity index (χ0) is 29.1. The fourth-order valence-corrected chi connectivity index (χ4v) is 5.04. The summed E-state index contributed by atoms with van der Waals surface area (Å²) in [6, 6.07) is 34.4. The average Bonchev–Trinajstić information content (AvgIpc) is 3.03. The first kappa shape index (κ1) is 26.6. The van der Waals surface area contributed by atoms with Gasteiger partial charge in [0.15, 0.2) is 0 Å². The molecule has 0 fully saturated rings. The average molecular weight is 553 g/mol. The molecular formula is C36H28N2O4. The summed E-state index contributed by atoms with van der Waals surface area (Å²) in [6.07, 6.45) is 3.33. The number of hydrogen-bond donors (Lipinski definition) is 2. The zero-order valence-corrected chi connectivity index (χ0v) is 23.2. The summed E-state index contributed by atoms with van der Waals surface area (Å²) >= 11 is 0. The summed E-state index contributed by atoms with van der Waals surface area (Å²) in [5, 5.41) is 24.9. The zero-order valence-electron chi connectivity index (χ0n) is 23.2. The maximum Gasteiger partial charge on any atom is 0.145 e. The second kappa shape index (κ2) is 11.5. The lowest BCUT2D eigenvalue weighted by Gasteiger charge is -2.11. The standard InChI is InChI=1S/C36H28N2O4/c1-41-35-19-25(11-15-31(35)37-21-29-27-9-5-3-7-23(27)13-17-33(29)39)26-12-16-32(36(20-26)42-2)38-22-30-28-10-6-4-8-24(28)14-18-34(30)40/h3-22,39-40H,1-2H3. The predicted octanol–water partition coefficient (Wildman–Crippen LogP) is 8.59. The molecule has 0 aliphatic heterocycles. The molecule has 6 heteroatoms. The number of phenolic OH excluding ortho intramolecular Hbond substituents is 2. The van der Waals surface area contributed by atoms with Crippen molar-refractivity contribution in [3.05, 3.63) is 120 Å². The normalized spacial score (nSPS) is 11.6. The van der Waals surface area contributed by atoms with Crippen LogP contribution in [0.15, 0.2) is 119 Å². The number of aromatic hydroxyl groups is 2. The van der Waals surface area contributed by atoms with Gasteiger partial charge >= 0.3 is 0 Å². The molecule has 0 aliphatic carbocycles. The number of phenols is 2. The van der Waals surface area contributed by atoms with Crippen molar-refractivity contribution >= 4 is 45.3 Å². The van der Waals surface area contributed by atoms with Gasteiger partial charge in [-0.05, 0) is 69.1 Å². The molecule has 0 amide bonds. The molecule has 2 N–H and O–H groups in total. The Morgan fingerprint density at radius 1 is 0.524 bits per heavy atom. The Hall–Kier alpha value is -5.62. The number of rotatable bonds is 7. The summed E-state index contributed by atoms with van der Waals surface area (Å²) in [7, 11) is 3.21. The minimum atomic E-state index is 0.165. The predicted molar refractivity (Wildman–Crippen MR) is 171 cm³/mol. The third kappa shape index (κ3) is 5.13. The SMILES string of the molecule is COc1cc(-c2ccc(N=Cc3c(O)ccc4ccccc34)c(OC)c2)ccc1N=Cc1c(O)ccc2ccccc12. The third-order valence-electron chi connectivity index (χ3n) is 7.25. The van der Waals surface area contributed by atoms with Crippen molar-refractivity contribution in [1.82, 2.24) is 0 Å². The largest absolute Gasteiger partial charge is 0.507 e. The molecule has 6 aromatic rings. The van der Waals surface area contributed by atoms with Gasteiger partial charge in [0.05, 0.1) is 14.2 Å². The van der Waals surface area contributed by atoms with E-state index in [0.29, 0.717) is 34.0 Å². The molecule has 0 saturated heterocycles. The lowest BCUT2D eigenvalue weighted by Crippen LogP contribution is -1.90. The van der Waals surface area contributed by atoms with Crippen LogP contribution in [0.1, 0.15) is 11.1 Å². The lowest BCUT2D eigenvalue weighted by molar-refractivity contribution is 0.415. The van der Waals surface area contributed by atoms with E-state index in [9.17, 15) is 10.2 Å². The molecule has 6 nitrogen and oxygen atoms in total. The van der Waals surface area contributed by atoms with Crippen LogP contribution in [0.25, 0.3) is 32.7 Å². The van der Waals surface area contributed by atoms with Crippen LogP contribution in [0.4, 0.5) is 11.4 Å². The van der Waals surface area contributed by atoms with Gasteiger partial charge < -0.3 is 19.7 Å².